The van der Waals surface area contributed by atoms with Gasteiger partial charge in [-0.3, -0.25) is 4.79 Å². The van der Waals surface area contributed by atoms with Gasteiger partial charge in [0.05, 0.1) is 0 Å². The first kappa shape index (κ1) is 17.6. The predicted molar refractivity (Wildman–Crippen MR) is 69.1 cm³/mol. The summed E-state index contributed by atoms with van der Waals surface area (Å²) in [5, 5.41) is 11.0. The van der Waals surface area contributed by atoms with Crippen molar-refractivity contribution in [3.05, 3.63) is 0 Å². The van der Waals surface area contributed by atoms with Gasteiger partial charge in [0.2, 0.25) is 3.79 Å². The van der Waals surface area contributed by atoms with E-state index in [2.05, 4.69) is 10.1 Å². The SMILES string of the molecule is NC(CCCCNC(=O)OCC(Cl)(Cl)Cl)C(=O)O. The van der Waals surface area contributed by atoms with Crippen LogP contribution in [0, 0.1) is 0 Å². The van der Waals surface area contributed by atoms with Crippen molar-refractivity contribution < 1.29 is 19.4 Å². The topological polar surface area (TPSA) is 102 Å². The Balaban J connectivity index is 3.49. The lowest BCUT2D eigenvalue weighted by molar-refractivity contribution is -0.138. The van der Waals surface area contributed by atoms with Crippen LogP contribution in [0.3, 0.4) is 0 Å². The third-order valence-electron chi connectivity index (χ3n) is 1.90. The van der Waals surface area contributed by atoms with Crippen LogP contribution in [0.5, 0.6) is 0 Å². The molecule has 0 aromatic carbocycles. The molecule has 0 aliphatic carbocycles. The minimum Gasteiger partial charge on any atom is -0.480 e. The number of carbonyl (C=O) groups excluding carboxylic acids is 1. The molecule has 0 spiro atoms. The van der Waals surface area contributed by atoms with Gasteiger partial charge >= 0.3 is 12.1 Å². The van der Waals surface area contributed by atoms with Gasteiger partial charge in [-0.2, -0.15) is 0 Å². The number of alkyl halides is 3. The summed E-state index contributed by atoms with van der Waals surface area (Å²) in [6.07, 6.45) is 0.825. The molecule has 0 rings (SSSR count). The van der Waals surface area contributed by atoms with Gasteiger partial charge < -0.3 is 20.9 Å². The summed E-state index contributed by atoms with van der Waals surface area (Å²) in [7, 11) is 0. The molecule has 1 unspecified atom stereocenters. The number of carbonyl (C=O) groups is 2. The van der Waals surface area contributed by atoms with Crippen LogP contribution in [0.25, 0.3) is 0 Å². The number of unbranched alkanes of at least 4 members (excludes halogenated alkanes) is 1. The van der Waals surface area contributed by atoms with Gasteiger partial charge in [-0.25, -0.2) is 4.79 Å². The largest absolute Gasteiger partial charge is 0.480 e. The first-order valence-electron chi connectivity index (χ1n) is 5.18. The average molecular weight is 322 g/mol. The van der Waals surface area contributed by atoms with Gasteiger partial charge in [0.1, 0.15) is 12.6 Å². The summed E-state index contributed by atoms with van der Waals surface area (Å²) >= 11 is 16.1. The Bertz CT molecular complexity index is 283. The summed E-state index contributed by atoms with van der Waals surface area (Å²) < 4.78 is 2.97. The number of carboxylic acids is 1. The van der Waals surface area contributed by atoms with E-state index in [1.54, 1.807) is 0 Å². The zero-order valence-corrected chi connectivity index (χ0v) is 11.8. The number of hydrogen-bond acceptors (Lipinski definition) is 4. The van der Waals surface area contributed by atoms with Gasteiger partial charge in [-0.15, -0.1) is 0 Å². The van der Waals surface area contributed by atoms with E-state index in [1.807, 2.05) is 0 Å². The lowest BCUT2D eigenvalue weighted by Crippen LogP contribution is -2.31. The zero-order chi connectivity index (χ0) is 14.2. The standard InChI is InChI=1S/C9H15Cl3N2O4/c10-9(11,12)5-18-8(17)14-4-2-1-3-6(13)7(15)16/h6H,1-5,13H2,(H,14,17)(H,15,16). The normalized spacial score (nSPS) is 12.9. The van der Waals surface area contributed by atoms with Crippen molar-refractivity contribution >= 4 is 46.9 Å². The molecule has 4 N–H and O–H groups in total. The third kappa shape index (κ3) is 10.7. The van der Waals surface area contributed by atoms with Gasteiger partial charge in [0, 0.05) is 6.54 Å². The molecule has 1 amide bonds. The number of nitrogens with one attached hydrogen (secondary N) is 1. The minimum atomic E-state index is -1.63. The Morgan fingerprint density at radius 3 is 2.44 bits per heavy atom. The van der Waals surface area contributed by atoms with E-state index in [1.165, 1.54) is 0 Å². The highest BCUT2D eigenvalue weighted by Gasteiger charge is 2.21. The van der Waals surface area contributed by atoms with Gasteiger partial charge in [-0.1, -0.05) is 34.8 Å². The van der Waals surface area contributed by atoms with Crippen molar-refractivity contribution in [2.75, 3.05) is 13.2 Å². The lowest BCUT2D eigenvalue weighted by atomic mass is 10.1. The van der Waals surface area contributed by atoms with Crippen LogP contribution in [-0.2, 0) is 9.53 Å². The van der Waals surface area contributed by atoms with E-state index >= 15 is 0 Å². The van der Waals surface area contributed by atoms with Crippen LogP contribution in [0.15, 0.2) is 0 Å². The molecule has 0 fully saturated rings. The molecule has 0 saturated carbocycles. The number of halogens is 3. The number of carboxylic acid groups (broad SMARTS) is 1. The monoisotopic (exact) mass is 320 g/mol. The number of ether oxygens (including phenoxy) is 1. The van der Waals surface area contributed by atoms with Crippen LogP contribution in [0.4, 0.5) is 4.79 Å². The average Bonchev–Trinajstić information content (AvgIpc) is 2.24. The first-order valence-corrected chi connectivity index (χ1v) is 6.31. The Kier molecular flexibility index (Phi) is 8.43. The Labute approximate surface area is 120 Å². The van der Waals surface area contributed by atoms with Gasteiger partial charge in [-0.05, 0) is 19.3 Å². The van der Waals surface area contributed by atoms with Crippen LogP contribution >= 0.6 is 34.8 Å². The molecule has 6 nitrogen and oxygen atoms in total. The van der Waals surface area contributed by atoms with Gasteiger partial charge in [0.25, 0.3) is 0 Å². The third-order valence-corrected chi connectivity index (χ3v) is 2.22. The molecular weight excluding hydrogens is 306 g/mol. The van der Waals surface area contributed by atoms with Crippen molar-refractivity contribution in [2.45, 2.75) is 29.1 Å². The molecule has 0 bridgehead atoms. The van der Waals surface area contributed by atoms with Crippen LogP contribution in [-0.4, -0.2) is 40.2 Å². The molecule has 1 atom stereocenters. The highest BCUT2D eigenvalue weighted by atomic mass is 35.6. The molecule has 106 valence electrons. The van der Waals surface area contributed by atoms with Crippen LogP contribution in [0.2, 0.25) is 0 Å². The number of alkyl carbamates (subject to hydrolysis) is 1. The van der Waals surface area contributed by atoms with E-state index in [4.69, 9.17) is 45.6 Å². The van der Waals surface area contributed by atoms with Crippen molar-refractivity contribution in [1.82, 2.24) is 5.32 Å². The highest BCUT2D eigenvalue weighted by molar-refractivity contribution is 6.67. The van der Waals surface area contributed by atoms with Crippen molar-refractivity contribution in [3.63, 3.8) is 0 Å². The maximum Gasteiger partial charge on any atom is 0.407 e. The molecule has 0 radical (unpaired) electrons. The summed E-state index contributed by atoms with van der Waals surface area (Å²) in [5.41, 5.74) is 5.30. The van der Waals surface area contributed by atoms with E-state index in [0.717, 1.165) is 0 Å². The molecule has 18 heavy (non-hydrogen) atoms. The molecule has 0 aromatic heterocycles. The predicted octanol–water partition coefficient (Wildman–Crippen LogP) is 1.67. The maximum atomic E-state index is 11.1. The summed E-state index contributed by atoms with van der Waals surface area (Å²) in [6.45, 7) is -0.00157. The van der Waals surface area contributed by atoms with E-state index in [0.29, 0.717) is 25.8 Å². The second-order valence-corrected chi connectivity index (χ2v) is 6.07. The van der Waals surface area contributed by atoms with Gasteiger partial charge in [0.15, 0.2) is 0 Å². The molecular formula is C9H15Cl3N2O4. The number of amides is 1. The molecule has 9 heteroatoms. The summed E-state index contributed by atoms with van der Waals surface area (Å²) in [6, 6.07) is -0.874. The lowest BCUT2D eigenvalue weighted by Gasteiger charge is -2.12. The zero-order valence-electron chi connectivity index (χ0n) is 9.50. The smallest absolute Gasteiger partial charge is 0.407 e. The maximum absolute atomic E-state index is 11.1. The number of aliphatic carboxylic acids is 1. The fraction of sp³-hybridized carbons (Fsp3) is 0.778. The molecule has 0 aromatic rings. The molecule has 0 saturated heterocycles. The van der Waals surface area contributed by atoms with Crippen molar-refractivity contribution in [2.24, 2.45) is 5.73 Å². The molecule has 0 aliphatic heterocycles. The Morgan fingerprint density at radius 2 is 1.94 bits per heavy atom. The number of rotatable bonds is 7. The van der Waals surface area contributed by atoms with Crippen LogP contribution in [0.1, 0.15) is 19.3 Å². The Hall–Kier alpha value is -0.430. The molecule has 0 heterocycles. The van der Waals surface area contributed by atoms with E-state index in [9.17, 15) is 9.59 Å². The van der Waals surface area contributed by atoms with E-state index in [-0.39, 0.29) is 6.61 Å². The second-order valence-electron chi connectivity index (χ2n) is 3.56. The number of nitrogens with two attached hydrogens (primary N) is 1. The second kappa shape index (κ2) is 8.63. The summed E-state index contributed by atoms with van der Waals surface area (Å²) in [4.78, 5) is 21.5. The summed E-state index contributed by atoms with van der Waals surface area (Å²) in [5.74, 6) is -1.04. The van der Waals surface area contributed by atoms with Crippen molar-refractivity contribution in [3.8, 4) is 0 Å². The molecule has 0 aliphatic rings. The number of hydrogen-bond donors (Lipinski definition) is 3. The Morgan fingerprint density at radius 1 is 1.33 bits per heavy atom. The first-order chi connectivity index (χ1) is 8.22. The fourth-order valence-corrected chi connectivity index (χ4v) is 1.17. The highest BCUT2D eigenvalue weighted by Crippen LogP contribution is 2.25. The van der Waals surface area contributed by atoms with E-state index < -0.39 is 21.9 Å². The quantitative estimate of drug-likeness (QED) is 0.489. The van der Waals surface area contributed by atoms with Crippen molar-refractivity contribution in [1.29, 1.82) is 0 Å². The minimum absolute atomic E-state index is 0.338. The fourth-order valence-electron chi connectivity index (χ4n) is 1.00. The van der Waals surface area contributed by atoms with Crippen LogP contribution < -0.4 is 11.1 Å².